The third-order valence-electron chi connectivity index (χ3n) is 4.35. The number of hydrogen-bond donors (Lipinski definition) is 1. The quantitative estimate of drug-likeness (QED) is 0.635. The lowest BCUT2D eigenvalue weighted by Gasteiger charge is -2.18. The van der Waals surface area contributed by atoms with Crippen molar-refractivity contribution < 1.29 is 19.0 Å². The SMILES string of the molecule is COc1ccc(-c2cc(C)ccc2F)cc1C(CC(=O)O)c1ncc(C)s1. The second-order valence-electron chi connectivity index (χ2n) is 6.40. The molecular weight excluding hydrogens is 365 g/mol. The molecule has 0 bridgehead atoms. The van der Waals surface area contributed by atoms with Crippen molar-refractivity contribution in [2.45, 2.75) is 26.2 Å². The van der Waals surface area contributed by atoms with Gasteiger partial charge in [-0.2, -0.15) is 0 Å². The lowest BCUT2D eigenvalue weighted by Crippen LogP contribution is -2.09. The van der Waals surface area contributed by atoms with Crippen molar-refractivity contribution in [1.82, 2.24) is 4.98 Å². The standard InChI is InChI=1S/C21H20FNO3S/c1-12-4-6-18(22)15(8-12)14-5-7-19(26-3)16(9-14)17(10-20(24)25)21-23-11-13(2)27-21/h4-9,11,17H,10H2,1-3H3,(H,24,25). The topological polar surface area (TPSA) is 59.4 Å². The maximum atomic E-state index is 14.4. The molecule has 1 aromatic heterocycles. The van der Waals surface area contributed by atoms with Gasteiger partial charge >= 0.3 is 5.97 Å². The highest BCUT2D eigenvalue weighted by molar-refractivity contribution is 7.11. The molecule has 0 spiro atoms. The minimum Gasteiger partial charge on any atom is -0.496 e. The summed E-state index contributed by atoms with van der Waals surface area (Å²) in [5.41, 5.74) is 2.79. The van der Waals surface area contributed by atoms with Gasteiger partial charge < -0.3 is 9.84 Å². The summed E-state index contributed by atoms with van der Waals surface area (Å²) in [6, 6.07) is 10.3. The highest BCUT2D eigenvalue weighted by atomic mass is 32.1. The highest BCUT2D eigenvalue weighted by Crippen LogP contribution is 2.39. The molecule has 0 aliphatic carbocycles. The maximum Gasteiger partial charge on any atom is 0.304 e. The first-order valence-corrected chi connectivity index (χ1v) is 9.29. The number of aromatic nitrogens is 1. The van der Waals surface area contributed by atoms with Crippen molar-refractivity contribution in [3.63, 3.8) is 0 Å². The Bertz CT molecular complexity index is 983. The molecule has 0 aliphatic heterocycles. The van der Waals surface area contributed by atoms with Crippen LogP contribution in [0.3, 0.4) is 0 Å². The van der Waals surface area contributed by atoms with E-state index in [1.54, 1.807) is 36.5 Å². The zero-order chi connectivity index (χ0) is 19.6. The number of aliphatic carboxylic acids is 1. The van der Waals surface area contributed by atoms with Crippen LogP contribution in [0.5, 0.6) is 5.75 Å². The van der Waals surface area contributed by atoms with Gasteiger partial charge in [0.1, 0.15) is 16.6 Å². The number of methoxy groups -OCH3 is 1. The van der Waals surface area contributed by atoms with E-state index in [9.17, 15) is 14.3 Å². The minimum atomic E-state index is -0.929. The van der Waals surface area contributed by atoms with Crippen molar-refractivity contribution >= 4 is 17.3 Å². The van der Waals surface area contributed by atoms with Crippen LogP contribution >= 0.6 is 11.3 Å². The summed E-state index contributed by atoms with van der Waals surface area (Å²) in [5, 5.41) is 10.1. The lowest BCUT2D eigenvalue weighted by molar-refractivity contribution is -0.137. The van der Waals surface area contributed by atoms with Crippen LogP contribution in [0.25, 0.3) is 11.1 Å². The van der Waals surface area contributed by atoms with Crippen LogP contribution in [0.1, 0.15) is 33.4 Å². The normalized spacial score (nSPS) is 12.0. The Morgan fingerprint density at radius 1 is 1.26 bits per heavy atom. The van der Waals surface area contributed by atoms with E-state index in [0.29, 0.717) is 27.4 Å². The molecule has 140 valence electrons. The van der Waals surface area contributed by atoms with Gasteiger partial charge in [0.05, 0.1) is 19.4 Å². The summed E-state index contributed by atoms with van der Waals surface area (Å²) >= 11 is 1.46. The fourth-order valence-electron chi connectivity index (χ4n) is 3.07. The van der Waals surface area contributed by atoms with Gasteiger partial charge in [0.15, 0.2) is 0 Å². The predicted molar refractivity (Wildman–Crippen MR) is 104 cm³/mol. The summed E-state index contributed by atoms with van der Waals surface area (Å²) in [5.74, 6) is -1.16. The van der Waals surface area contributed by atoms with Crippen LogP contribution in [0.15, 0.2) is 42.6 Å². The maximum absolute atomic E-state index is 14.4. The molecule has 1 unspecified atom stereocenters. The minimum absolute atomic E-state index is 0.122. The number of thiazole rings is 1. The van der Waals surface area contributed by atoms with Crippen LogP contribution in [-0.4, -0.2) is 23.2 Å². The van der Waals surface area contributed by atoms with Crippen LogP contribution < -0.4 is 4.74 Å². The van der Waals surface area contributed by atoms with Crippen molar-refractivity contribution in [2.24, 2.45) is 0 Å². The van der Waals surface area contributed by atoms with Gasteiger partial charge in [0.25, 0.3) is 0 Å². The number of nitrogens with zero attached hydrogens (tertiary/aromatic N) is 1. The fraction of sp³-hybridized carbons (Fsp3) is 0.238. The second-order valence-corrected chi connectivity index (χ2v) is 7.67. The average molecular weight is 385 g/mol. The van der Waals surface area contributed by atoms with Gasteiger partial charge in [-0.25, -0.2) is 9.37 Å². The number of aryl methyl sites for hydroxylation is 2. The fourth-order valence-corrected chi connectivity index (χ4v) is 3.97. The molecule has 0 saturated carbocycles. The molecule has 4 nitrogen and oxygen atoms in total. The summed E-state index contributed by atoms with van der Waals surface area (Å²) in [4.78, 5) is 16.9. The van der Waals surface area contributed by atoms with Crippen LogP contribution in [0.2, 0.25) is 0 Å². The Morgan fingerprint density at radius 3 is 2.67 bits per heavy atom. The van der Waals surface area contributed by atoms with Crippen LogP contribution in [0, 0.1) is 19.7 Å². The number of carbonyl (C=O) groups is 1. The Labute approximate surface area is 161 Å². The van der Waals surface area contributed by atoms with Gasteiger partial charge in [-0.05, 0) is 43.7 Å². The van der Waals surface area contributed by atoms with E-state index in [1.807, 2.05) is 13.8 Å². The van der Waals surface area contributed by atoms with Crippen molar-refractivity contribution in [1.29, 1.82) is 0 Å². The molecule has 6 heteroatoms. The third-order valence-corrected chi connectivity index (χ3v) is 5.38. The average Bonchev–Trinajstić information content (AvgIpc) is 3.07. The molecule has 27 heavy (non-hydrogen) atoms. The molecule has 1 heterocycles. The molecule has 2 aromatic carbocycles. The molecule has 0 saturated heterocycles. The van der Waals surface area contributed by atoms with E-state index in [-0.39, 0.29) is 12.2 Å². The van der Waals surface area contributed by atoms with Gasteiger partial charge in [0.2, 0.25) is 0 Å². The molecule has 1 N–H and O–H groups in total. The summed E-state index contributed by atoms with van der Waals surface area (Å²) in [6.07, 6.45) is 1.61. The van der Waals surface area contributed by atoms with E-state index < -0.39 is 11.9 Å². The molecule has 3 aromatic rings. The summed E-state index contributed by atoms with van der Waals surface area (Å²) in [7, 11) is 1.54. The third kappa shape index (κ3) is 4.17. The largest absolute Gasteiger partial charge is 0.496 e. The molecule has 1 atom stereocenters. The van der Waals surface area contributed by atoms with E-state index in [0.717, 1.165) is 10.4 Å². The summed E-state index contributed by atoms with van der Waals surface area (Å²) < 4.78 is 19.8. The number of carboxylic acid groups (broad SMARTS) is 1. The smallest absolute Gasteiger partial charge is 0.304 e. The van der Waals surface area contributed by atoms with Crippen molar-refractivity contribution in [2.75, 3.05) is 7.11 Å². The first kappa shape index (κ1) is 19.0. The second kappa shape index (κ2) is 7.88. The van der Waals surface area contributed by atoms with Gasteiger partial charge in [-0.1, -0.05) is 17.7 Å². The molecule has 0 amide bonds. The number of ether oxygens (including phenoxy) is 1. The zero-order valence-corrected chi connectivity index (χ0v) is 16.1. The lowest BCUT2D eigenvalue weighted by atomic mass is 9.91. The molecule has 0 radical (unpaired) electrons. The first-order valence-electron chi connectivity index (χ1n) is 8.47. The van der Waals surface area contributed by atoms with E-state index >= 15 is 0 Å². The highest BCUT2D eigenvalue weighted by Gasteiger charge is 2.25. The predicted octanol–water partition coefficient (Wildman–Crippen LogP) is 5.18. The molecule has 3 rings (SSSR count). The number of halogens is 1. The molecule has 0 aliphatic rings. The Kier molecular flexibility index (Phi) is 5.56. The molecule has 0 fully saturated rings. The number of carboxylic acids is 1. The number of rotatable bonds is 6. The van der Waals surface area contributed by atoms with Crippen LogP contribution in [-0.2, 0) is 4.79 Å². The van der Waals surface area contributed by atoms with E-state index in [2.05, 4.69) is 4.98 Å². The van der Waals surface area contributed by atoms with Gasteiger partial charge in [-0.3, -0.25) is 4.79 Å². The first-order chi connectivity index (χ1) is 12.9. The zero-order valence-electron chi connectivity index (χ0n) is 15.3. The Balaban J connectivity index is 2.16. The monoisotopic (exact) mass is 385 g/mol. The molecular formula is C21H20FNO3S. The Hall–Kier alpha value is -2.73. The van der Waals surface area contributed by atoms with Gasteiger partial charge in [0, 0.05) is 22.2 Å². The van der Waals surface area contributed by atoms with Gasteiger partial charge in [-0.15, -0.1) is 11.3 Å². The number of benzene rings is 2. The summed E-state index contributed by atoms with van der Waals surface area (Å²) in [6.45, 7) is 3.83. The Morgan fingerprint density at radius 2 is 2.04 bits per heavy atom. The van der Waals surface area contributed by atoms with E-state index in [1.165, 1.54) is 24.5 Å². The number of hydrogen-bond acceptors (Lipinski definition) is 4. The van der Waals surface area contributed by atoms with E-state index in [4.69, 9.17) is 4.74 Å². The van der Waals surface area contributed by atoms with Crippen molar-refractivity contribution in [3.05, 3.63) is 69.4 Å². The van der Waals surface area contributed by atoms with Crippen molar-refractivity contribution in [3.8, 4) is 16.9 Å². The van der Waals surface area contributed by atoms with Crippen LogP contribution in [0.4, 0.5) is 4.39 Å².